The molecule has 0 aliphatic carbocycles. The van der Waals surface area contributed by atoms with Crippen LogP contribution in [0, 0.1) is 6.92 Å². The Balaban J connectivity index is 2.96. The summed E-state index contributed by atoms with van der Waals surface area (Å²) in [6.45, 7) is 4.18. The van der Waals surface area contributed by atoms with Gasteiger partial charge in [-0.2, -0.15) is 0 Å². The zero-order valence-electron chi connectivity index (χ0n) is 8.30. The van der Waals surface area contributed by atoms with Crippen LogP contribution in [0.2, 0.25) is 0 Å². The highest BCUT2D eigenvalue weighted by molar-refractivity contribution is 5.64. The molecule has 0 bridgehead atoms. The molecule has 1 aromatic rings. The maximum absolute atomic E-state index is 5.84. The third-order valence-electron chi connectivity index (χ3n) is 2.25. The molecule has 0 radical (unpaired) electrons. The minimum Gasteiger partial charge on any atom is -0.396 e. The van der Waals surface area contributed by atoms with Gasteiger partial charge in [0.25, 0.3) is 0 Å². The molecule has 13 heavy (non-hydrogen) atoms. The SMILES string of the molecule is CCCCc1c(C)cnc(N)c1N. The van der Waals surface area contributed by atoms with Crippen molar-refractivity contribution in [3.8, 4) is 0 Å². The molecule has 0 saturated carbocycles. The van der Waals surface area contributed by atoms with Crippen LogP contribution in [0.15, 0.2) is 6.20 Å². The Labute approximate surface area is 79.2 Å². The number of aryl methyl sites for hydroxylation is 1. The second-order valence-corrected chi connectivity index (χ2v) is 3.32. The quantitative estimate of drug-likeness (QED) is 0.744. The fourth-order valence-electron chi connectivity index (χ4n) is 1.37. The summed E-state index contributed by atoms with van der Waals surface area (Å²) in [5.41, 5.74) is 14.4. The molecule has 1 aromatic heterocycles. The number of nitrogens with two attached hydrogens (primary N) is 2. The van der Waals surface area contributed by atoms with Crippen LogP contribution in [-0.2, 0) is 6.42 Å². The van der Waals surface area contributed by atoms with E-state index in [9.17, 15) is 0 Å². The zero-order chi connectivity index (χ0) is 9.84. The summed E-state index contributed by atoms with van der Waals surface area (Å²) < 4.78 is 0. The molecule has 1 heterocycles. The number of unbranched alkanes of at least 4 members (excludes halogenated alkanes) is 1. The van der Waals surface area contributed by atoms with Crippen LogP contribution in [0.3, 0.4) is 0 Å². The molecule has 0 amide bonds. The number of hydrogen-bond donors (Lipinski definition) is 2. The number of hydrogen-bond acceptors (Lipinski definition) is 3. The Bertz CT molecular complexity index is 294. The lowest BCUT2D eigenvalue weighted by molar-refractivity contribution is 0.792. The van der Waals surface area contributed by atoms with Crippen LogP contribution in [0.4, 0.5) is 11.5 Å². The maximum atomic E-state index is 5.84. The van der Waals surface area contributed by atoms with E-state index in [1.807, 2.05) is 6.92 Å². The Morgan fingerprint density at radius 3 is 2.69 bits per heavy atom. The Hall–Kier alpha value is -1.25. The van der Waals surface area contributed by atoms with Crippen LogP contribution in [-0.4, -0.2) is 4.98 Å². The van der Waals surface area contributed by atoms with E-state index in [4.69, 9.17) is 11.5 Å². The molecule has 0 spiro atoms. The molecular formula is C10H17N3. The fourth-order valence-corrected chi connectivity index (χ4v) is 1.37. The van der Waals surface area contributed by atoms with Crippen molar-refractivity contribution in [3.05, 3.63) is 17.3 Å². The summed E-state index contributed by atoms with van der Waals surface area (Å²) in [6, 6.07) is 0. The Morgan fingerprint density at radius 1 is 1.38 bits per heavy atom. The van der Waals surface area contributed by atoms with E-state index in [2.05, 4.69) is 11.9 Å². The van der Waals surface area contributed by atoms with Gasteiger partial charge >= 0.3 is 0 Å². The monoisotopic (exact) mass is 179 g/mol. The molecule has 0 unspecified atom stereocenters. The van der Waals surface area contributed by atoms with Gasteiger partial charge in [-0.3, -0.25) is 0 Å². The van der Waals surface area contributed by atoms with Crippen molar-refractivity contribution in [1.82, 2.24) is 4.98 Å². The van der Waals surface area contributed by atoms with Crippen molar-refractivity contribution in [1.29, 1.82) is 0 Å². The van der Waals surface area contributed by atoms with Crippen molar-refractivity contribution in [2.24, 2.45) is 0 Å². The first kappa shape index (κ1) is 9.84. The summed E-state index contributed by atoms with van der Waals surface area (Å²) in [7, 11) is 0. The van der Waals surface area contributed by atoms with Gasteiger partial charge in [0.15, 0.2) is 0 Å². The number of rotatable bonds is 3. The third-order valence-corrected chi connectivity index (χ3v) is 2.25. The highest BCUT2D eigenvalue weighted by Crippen LogP contribution is 2.22. The lowest BCUT2D eigenvalue weighted by Gasteiger charge is -2.09. The van der Waals surface area contributed by atoms with Gasteiger partial charge in [-0.15, -0.1) is 0 Å². The number of aromatic nitrogens is 1. The van der Waals surface area contributed by atoms with E-state index in [0.717, 1.165) is 24.0 Å². The first-order chi connectivity index (χ1) is 6.16. The van der Waals surface area contributed by atoms with Crippen molar-refractivity contribution in [3.63, 3.8) is 0 Å². The van der Waals surface area contributed by atoms with Gasteiger partial charge in [0.2, 0.25) is 0 Å². The topological polar surface area (TPSA) is 64.9 Å². The predicted molar refractivity (Wildman–Crippen MR) is 56.4 cm³/mol. The van der Waals surface area contributed by atoms with Crippen molar-refractivity contribution in [2.75, 3.05) is 11.5 Å². The van der Waals surface area contributed by atoms with Crippen LogP contribution >= 0.6 is 0 Å². The highest BCUT2D eigenvalue weighted by Gasteiger charge is 2.06. The molecule has 1 rings (SSSR count). The number of anilines is 2. The average molecular weight is 179 g/mol. The normalized spacial score (nSPS) is 10.3. The van der Waals surface area contributed by atoms with Gasteiger partial charge < -0.3 is 11.5 Å². The first-order valence-electron chi connectivity index (χ1n) is 4.66. The van der Waals surface area contributed by atoms with Gasteiger partial charge in [-0.05, 0) is 30.9 Å². The Morgan fingerprint density at radius 2 is 2.08 bits per heavy atom. The minimum atomic E-state index is 0.455. The van der Waals surface area contributed by atoms with Gasteiger partial charge in [0.1, 0.15) is 5.82 Å². The highest BCUT2D eigenvalue weighted by atomic mass is 14.9. The van der Waals surface area contributed by atoms with Crippen molar-refractivity contribution >= 4 is 11.5 Å². The minimum absolute atomic E-state index is 0.455. The van der Waals surface area contributed by atoms with Crippen LogP contribution in [0.5, 0.6) is 0 Å². The molecule has 3 heteroatoms. The van der Waals surface area contributed by atoms with Crippen molar-refractivity contribution in [2.45, 2.75) is 33.1 Å². The first-order valence-corrected chi connectivity index (χ1v) is 4.66. The molecule has 0 saturated heterocycles. The van der Waals surface area contributed by atoms with E-state index in [1.165, 1.54) is 6.42 Å². The molecular weight excluding hydrogens is 162 g/mol. The van der Waals surface area contributed by atoms with Crippen LogP contribution < -0.4 is 11.5 Å². The van der Waals surface area contributed by atoms with Gasteiger partial charge in [0, 0.05) is 6.20 Å². The maximum Gasteiger partial charge on any atom is 0.146 e. The fraction of sp³-hybridized carbons (Fsp3) is 0.500. The molecule has 72 valence electrons. The summed E-state index contributed by atoms with van der Waals surface area (Å²) in [5.74, 6) is 0.455. The van der Waals surface area contributed by atoms with Crippen LogP contribution in [0.1, 0.15) is 30.9 Å². The number of nitrogen functional groups attached to an aromatic ring is 2. The summed E-state index contributed by atoms with van der Waals surface area (Å²) in [4.78, 5) is 4.00. The number of pyridine rings is 1. The Kier molecular flexibility index (Phi) is 3.12. The molecule has 3 nitrogen and oxygen atoms in total. The van der Waals surface area contributed by atoms with E-state index in [1.54, 1.807) is 6.20 Å². The second kappa shape index (κ2) is 4.12. The summed E-state index contributed by atoms with van der Waals surface area (Å²) >= 11 is 0. The third kappa shape index (κ3) is 2.11. The molecule has 0 fully saturated rings. The number of nitrogens with zero attached hydrogens (tertiary/aromatic N) is 1. The predicted octanol–water partition coefficient (Wildman–Crippen LogP) is 1.90. The van der Waals surface area contributed by atoms with E-state index >= 15 is 0 Å². The molecule has 0 atom stereocenters. The van der Waals surface area contributed by atoms with E-state index in [-0.39, 0.29) is 0 Å². The smallest absolute Gasteiger partial charge is 0.146 e. The zero-order valence-corrected chi connectivity index (χ0v) is 8.30. The lowest BCUT2D eigenvalue weighted by Crippen LogP contribution is -2.04. The van der Waals surface area contributed by atoms with Gasteiger partial charge in [-0.25, -0.2) is 4.98 Å². The summed E-state index contributed by atoms with van der Waals surface area (Å²) in [6.07, 6.45) is 5.10. The van der Waals surface area contributed by atoms with Crippen LogP contribution in [0.25, 0.3) is 0 Å². The molecule has 0 aromatic carbocycles. The second-order valence-electron chi connectivity index (χ2n) is 3.32. The molecule has 4 N–H and O–H groups in total. The lowest BCUT2D eigenvalue weighted by atomic mass is 10.0. The molecule has 0 aliphatic heterocycles. The van der Waals surface area contributed by atoms with Gasteiger partial charge in [-0.1, -0.05) is 13.3 Å². The standard InChI is InChI=1S/C10H17N3/c1-3-4-5-8-7(2)6-13-10(12)9(8)11/h6H,3-5,11H2,1-2H3,(H2,12,13). The van der Waals surface area contributed by atoms with Gasteiger partial charge in [0.05, 0.1) is 5.69 Å². The molecule has 0 aliphatic rings. The average Bonchev–Trinajstić information content (AvgIpc) is 2.12. The van der Waals surface area contributed by atoms with E-state index < -0.39 is 0 Å². The summed E-state index contributed by atoms with van der Waals surface area (Å²) in [5, 5.41) is 0. The van der Waals surface area contributed by atoms with E-state index in [0.29, 0.717) is 11.5 Å². The largest absolute Gasteiger partial charge is 0.396 e. The van der Waals surface area contributed by atoms with Crippen molar-refractivity contribution < 1.29 is 0 Å².